The number of hydrogen-bond acceptors (Lipinski definition) is 2. The predicted octanol–water partition coefficient (Wildman–Crippen LogP) is 3.78. The van der Waals surface area contributed by atoms with E-state index < -0.39 is 0 Å². The summed E-state index contributed by atoms with van der Waals surface area (Å²) in [6, 6.07) is 7.65. The number of rotatable bonds is 3. The van der Waals surface area contributed by atoms with Gasteiger partial charge in [-0.2, -0.15) is 0 Å². The third-order valence-electron chi connectivity index (χ3n) is 5.52. The standard InChI is InChI=1S/C19H30N2/c1-15-7-8-18(11-16(15)2)19-12-17(13-20(19)3)14-21-9-5-4-6-10-21/h7-8,11,17,19H,4-6,9-10,12-14H2,1-3H3/t17-,19-/m0/s1. The zero-order valence-electron chi connectivity index (χ0n) is 13.9. The number of benzene rings is 1. The van der Waals surface area contributed by atoms with Gasteiger partial charge in [0.25, 0.3) is 0 Å². The largest absolute Gasteiger partial charge is 0.303 e. The van der Waals surface area contributed by atoms with E-state index in [1.54, 1.807) is 0 Å². The molecule has 0 saturated carbocycles. The zero-order chi connectivity index (χ0) is 14.8. The molecule has 2 aliphatic heterocycles. The highest BCUT2D eigenvalue weighted by molar-refractivity contribution is 5.32. The molecule has 2 aliphatic rings. The van der Waals surface area contributed by atoms with Gasteiger partial charge in [-0.25, -0.2) is 0 Å². The van der Waals surface area contributed by atoms with Gasteiger partial charge in [-0.3, -0.25) is 4.90 Å². The summed E-state index contributed by atoms with van der Waals surface area (Å²) >= 11 is 0. The van der Waals surface area contributed by atoms with Crippen LogP contribution in [0.2, 0.25) is 0 Å². The van der Waals surface area contributed by atoms with Gasteiger partial charge in [-0.15, -0.1) is 0 Å². The van der Waals surface area contributed by atoms with Crippen LogP contribution in [-0.2, 0) is 0 Å². The Kier molecular flexibility index (Phi) is 4.66. The van der Waals surface area contributed by atoms with E-state index >= 15 is 0 Å². The molecular formula is C19H30N2. The van der Waals surface area contributed by atoms with Crippen molar-refractivity contribution in [1.29, 1.82) is 0 Å². The molecule has 0 unspecified atom stereocenters. The smallest absolute Gasteiger partial charge is 0.0348 e. The average molecular weight is 286 g/mol. The van der Waals surface area contributed by atoms with Crippen LogP contribution < -0.4 is 0 Å². The fraction of sp³-hybridized carbons (Fsp3) is 0.684. The van der Waals surface area contributed by atoms with Gasteiger partial charge in [0.2, 0.25) is 0 Å². The highest BCUT2D eigenvalue weighted by Gasteiger charge is 2.31. The lowest BCUT2D eigenvalue weighted by atomic mass is 9.96. The molecule has 0 aliphatic carbocycles. The first-order valence-electron chi connectivity index (χ1n) is 8.63. The van der Waals surface area contributed by atoms with Gasteiger partial charge in [-0.05, 0) is 75.9 Å². The molecule has 2 heterocycles. The van der Waals surface area contributed by atoms with Crippen molar-refractivity contribution in [1.82, 2.24) is 9.80 Å². The molecule has 0 aromatic heterocycles. The molecule has 116 valence electrons. The minimum absolute atomic E-state index is 0.624. The Morgan fingerprint density at radius 2 is 1.81 bits per heavy atom. The summed E-state index contributed by atoms with van der Waals surface area (Å²) in [5.74, 6) is 0.847. The Hall–Kier alpha value is -0.860. The SMILES string of the molecule is Cc1ccc([C@@H]2C[C@H](CN3CCCCC3)CN2C)cc1C. The highest BCUT2D eigenvalue weighted by atomic mass is 15.2. The minimum Gasteiger partial charge on any atom is -0.303 e. The monoisotopic (exact) mass is 286 g/mol. The van der Waals surface area contributed by atoms with Gasteiger partial charge in [0.15, 0.2) is 0 Å². The molecule has 2 fully saturated rings. The van der Waals surface area contributed by atoms with E-state index in [1.165, 1.54) is 68.6 Å². The fourth-order valence-electron chi connectivity index (χ4n) is 4.11. The van der Waals surface area contributed by atoms with Gasteiger partial charge in [0.1, 0.15) is 0 Å². The lowest BCUT2D eigenvalue weighted by molar-refractivity contribution is 0.196. The minimum atomic E-state index is 0.624. The molecular weight excluding hydrogens is 256 g/mol. The summed E-state index contributed by atoms with van der Waals surface area (Å²) in [6.07, 6.45) is 5.58. The van der Waals surface area contributed by atoms with Crippen LogP contribution in [0.3, 0.4) is 0 Å². The first-order chi connectivity index (χ1) is 10.1. The van der Waals surface area contributed by atoms with E-state index in [0.717, 1.165) is 5.92 Å². The van der Waals surface area contributed by atoms with Crippen molar-refractivity contribution in [3.8, 4) is 0 Å². The van der Waals surface area contributed by atoms with Crippen LogP contribution in [0.25, 0.3) is 0 Å². The van der Waals surface area contributed by atoms with E-state index in [2.05, 4.69) is 48.9 Å². The molecule has 2 nitrogen and oxygen atoms in total. The Morgan fingerprint density at radius 3 is 2.52 bits per heavy atom. The second kappa shape index (κ2) is 6.50. The van der Waals surface area contributed by atoms with Gasteiger partial charge >= 0.3 is 0 Å². The van der Waals surface area contributed by atoms with E-state index in [4.69, 9.17) is 0 Å². The van der Waals surface area contributed by atoms with E-state index in [-0.39, 0.29) is 0 Å². The first kappa shape index (κ1) is 15.1. The van der Waals surface area contributed by atoms with Crippen LogP contribution in [0, 0.1) is 19.8 Å². The van der Waals surface area contributed by atoms with E-state index in [1.807, 2.05) is 0 Å². The molecule has 0 spiro atoms. The van der Waals surface area contributed by atoms with Crippen molar-refractivity contribution in [3.05, 3.63) is 34.9 Å². The number of piperidine rings is 1. The normalized spacial score (nSPS) is 28.1. The number of aryl methyl sites for hydroxylation is 2. The lowest BCUT2D eigenvalue weighted by Crippen LogP contribution is -2.34. The number of hydrogen-bond donors (Lipinski definition) is 0. The average Bonchev–Trinajstić information content (AvgIpc) is 2.84. The third-order valence-corrected chi connectivity index (χ3v) is 5.52. The fourth-order valence-corrected chi connectivity index (χ4v) is 4.11. The number of nitrogens with zero attached hydrogens (tertiary/aromatic N) is 2. The summed E-state index contributed by atoms with van der Waals surface area (Å²) < 4.78 is 0. The summed E-state index contributed by atoms with van der Waals surface area (Å²) in [6.45, 7) is 9.67. The Balaban J connectivity index is 1.63. The van der Waals surface area contributed by atoms with Crippen molar-refractivity contribution < 1.29 is 0 Å². The molecule has 1 aromatic rings. The van der Waals surface area contributed by atoms with E-state index in [9.17, 15) is 0 Å². The zero-order valence-corrected chi connectivity index (χ0v) is 13.9. The van der Waals surface area contributed by atoms with Crippen LogP contribution in [0.4, 0.5) is 0 Å². The second-order valence-electron chi connectivity index (χ2n) is 7.26. The molecule has 2 saturated heterocycles. The molecule has 3 rings (SSSR count). The Morgan fingerprint density at radius 1 is 1.05 bits per heavy atom. The molecule has 2 heteroatoms. The maximum absolute atomic E-state index is 2.70. The molecule has 21 heavy (non-hydrogen) atoms. The molecule has 0 radical (unpaired) electrons. The number of likely N-dealkylation sites (tertiary alicyclic amines) is 2. The first-order valence-corrected chi connectivity index (χ1v) is 8.63. The van der Waals surface area contributed by atoms with E-state index in [0.29, 0.717) is 6.04 Å². The summed E-state index contributed by atoms with van der Waals surface area (Å²) in [4.78, 5) is 5.27. The Labute approximate surface area is 130 Å². The van der Waals surface area contributed by atoms with Crippen LogP contribution in [-0.4, -0.2) is 43.0 Å². The van der Waals surface area contributed by atoms with Gasteiger partial charge in [0, 0.05) is 19.1 Å². The topological polar surface area (TPSA) is 6.48 Å². The van der Waals surface area contributed by atoms with Crippen molar-refractivity contribution in [2.24, 2.45) is 5.92 Å². The highest BCUT2D eigenvalue weighted by Crippen LogP contribution is 2.35. The van der Waals surface area contributed by atoms with Crippen LogP contribution in [0.5, 0.6) is 0 Å². The molecule has 0 N–H and O–H groups in total. The summed E-state index contributed by atoms with van der Waals surface area (Å²) in [5, 5.41) is 0. The summed E-state index contributed by atoms with van der Waals surface area (Å²) in [7, 11) is 2.30. The predicted molar refractivity (Wildman–Crippen MR) is 89.7 cm³/mol. The van der Waals surface area contributed by atoms with Crippen molar-refractivity contribution in [3.63, 3.8) is 0 Å². The maximum atomic E-state index is 2.70. The second-order valence-corrected chi connectivity index (χ2v) is 7.26. The maximum Gasteiger partial charge on any atom is 0.0348 e. The van der Waals surface area contributed by atoms with Crippen LogP contribution in [0.1, 0.15) is 48.4 Å². The van der Waals surface area contributed by atoms with Gasteiger partial charge < -0.3 is 4.90 Å². The molecule has 0 bridgehead atoms. The summed E-state index contributed by atoms with van der Waals surface area (Å²) in [5.41, 5.74) is 4.35. The lowest BCUT2D eigenvalue weighted by Gasteiger charge is -2.28. The quantitative estimate of drug-likeness (QED) is 0.834. The van der Waals surface area contributed by atoms with Crippen LogP contribution in [0.15, 0.2) is 18.2 Å². The van der Waals surface area contributed by atoms with Gasteiger partial charge in [-0.1, -0.05) is 24.6 Å². The molecule has 1 aromatic carbocycles. The third kappa shape index (κ3) is 3.49. The van der Waals surface area contributed by atoms with Crippen molar-refractivity contribution >= 4 is 0 Å². The Bertz CT molecular complexity index is 476. The van der Waals surface area contributed by atoms with Crippen molar-refractivity contribution in [2.45, 2.75) is 45.6 Å². The molecule has 2 atom stereocenters. The molecule has 0 amide bonds. The van der Waals surface area contributed by atoms with Crippen LogP contribution >= 0.6 is 0 Å². The van der Waals surface area contributed by atoms with Crippen molar-refractivity contribution in [2.75, 3.05) is 33.2 Å². The van der Waals surface area contributed by atoms with Gasteiger partial charge in [0.05, 0.1) is 0 Å².